The summed E-state index contributed by atoms with van der Waals surface area (Å²) in [5, 5.41) is 16.9. The molecule has 21 heavy (non-hydrogen) atoms. The monoisotopic (exact) mass is 313 g/mol. The highest BCUT2D eigenvalue weighted by molar-refractivity contribution is 6.34. The molecular formula is C14H20ClN3O3. The van der Waals surface area contributed by atoms with Gasteiger partial charge in [0.05, 0.1) is 9.95 Å². The number of nitrogens with one attached hydrogen (secondary N) is 2. The van der Waals surface area contributed by atoms with Crippen molar-refractivity contribution < 1.29 is 9.72 Å². The molecule has 0 saturated carbocycles. The molecule has 1 amide bonds. The van der Waals surface area contributed by atoms with Crippen LogP contribution in [0.5, 0.6) is 0 Å². The Hall–Kier alpha value is -1.82. The molecule has 0 aliphatic carbocycles. The molecule has 1 aromatic rings. The molecule has 2 N–H and O–H groups in total. The first-order chi connectivity index (χ1) is 10.0. The number of carbonyl (C=O) groups is 1. The molecule has 0 aromatic heterocycles. The van der Waals surface area contributed by atoms with E-state index >= 15 is 0 Å². The number of nitro groups is 1. The van der Waals surface area contributed by atoms with Crippen molar-refractivity contribution in [2.45, 2.75) is 33.1 Å². The fourth-order valence-corrected chi connectivity index (χ4v) is 2.18. The molecule has 1 aromatic carbocycles. The predicted molar refractivity (Wildman–Crippen MR) is 84.1 cm³/mol. The Labute approximate surface area is 129 Å². The number of hydrogen-bond acceptors (Lipinski definition) is 4. The minimum atomic E-state index is -0.544. The lowest BCUT2D eigenvalue weighted by Gasteiger charge is -2.10. The second-order valence-corrected chi connectivity index (χ2v) is 5.01. The van der Waals surface area contributed by atoms with Crippen LogP contribution in [0, 0.1) is 10.1 Å². The van der Waals surface area contributed by atoms with Crippen LogP contribution >= 0.6 is 11.6 Å². The fourth-order valence-electron chi connectivity index (χ4n) is 1.90. The van der Waals surface area contributed by atoms with Gasteiger partial charge in [0.1, 0.15) is 5.69 Å². The number of rotatable bonds is 8. The van der Waals surface area contributed by atoms with E-state index in [0.717, 1.165) is 19.3 Å². The van der Waals surface area contributed by atoms with Crippen molar-refractivity contribution in [3.8, 4) is 0 Å². The number of anilines is 1. The number of halogens is 1. The van der Waals surface area contributed by atoms with Crippen LogP contribution < -0.4 is 10.6 Å². The number of nitrogens with zero attached hydrogens (tertiary/aromatic N) is 1. The Balaban J connectivity index is 2.93. The minimum Gasteiger partial charge on any atom is -0.379 e. The smallest absolute Gasteiger partial charge is 0.294 e. The molecule has 7 heteroatoms. The molecule has 1 rings (SSSR count). The quantitative estimate of drug-likeness (QED) is 0.436. The molecule has 6 nitrogen and oxygen atoms in total. The second kappa shape index (κ2) is 8.46. The van der Waals surface area contributed by atoms with E-state index in [2.05, 4.69) is 17.6 Å². The Kier molecular flexibility index (Phi) is 6.94. The average molecular weight is 314 g/mol. The first-order valence-corrected chi connectivity index (χ1v) is 7.39. The Bertz CT molecular complexity index is 520. The lowest BCUT2D eigenvalue weighted by Crippen LogP contribution is -2.24. The number of unbranched alkanes of at least 4 members (excludes halogenated alkanes) is 2. The van der Waals surface area contributed by atoms with Crippen LogP contribution in [0.15, 0.2) is 12.1 Å². The van der Waals surface area contributed by atoms with E-state index in [1.54, 1.807) is 0 Å². The molecule has 0 aliphatic heterocycles. The van der Waals surface area contributed by atoms with Gasteiger partial charge in [0.25, 0.3) is 11.6 Å². The van der Waals surface area contributed by atoms with Crippen molar-refractivity contribution in [2.75, 3.05) is 18.4 Å². The minimum absolute atomic E-state index is 0.171. The van der Waals surface area contributed by atoms with Crippen LogP contribution in [0.25, 0.3) is 0 Å². The number of carbonyl (C=O) groups excluding carboxylic acids is 1. The van der Waals surface area contributed by atoms with E-state index in [-0.39, 0.29) is 27.9 Å². The van der Waals surface area contributed by atoms with Gasteiger partial charge in [-0.15, -0.1) is 0 Å². The summed E-state index contributed by atoms with van der Waals surface area (Å²) in [6.07, 6.45) is 2.97. The third-order valence-electron chi connectivity index (χ3n) is 2.95. The summed E-state index contributed by atoms with van der Waals surface area (Å²) >= 11 is 6.04. The van der Waals surface area contributed by atoms with Gasteiger partial charge >= 0.3 is 0 Å². The summed E-state index contributed by atoms with van der Waals surface area (Å²) in [5.74, 6) is -0.348. The van der Waals surface area contributed by atoms with Gasteiger partial charge in [-0.3, -0.25) is 14.9 Å². The first kappa shape index (κ1) is 17.2. The zero-order valence-electron chi connectivity index (χ0n) is 12.2. The summed E-state index contributed by atoms with van der Waals surface area (Å²) in [5.41, 5.74) is 0.250. The van der Waals surface area contributed by atoms with E-state index in [9.17, 15) is 14.9 Å². The molecule has 0 aliphatic rings. The summed E-state index contributed by atoms with van der Waals surface area (Å²) in [6.45, 7) is 4.94. The molecule has 0 saturated heterocycles. The molecule has 0 heterocycles. The molecule has 0 atom stereocenters. The van der Waals surface area contributed by atoms with E-state index in [1.165, 1.54) is 12.1 Å². The Morgan fingerprint density at radius 3 is 2.62 bits per heavy atom. The molecule has 0 unspecified atom stereocenters. The number of hydrogen-bond donors (Lipinski definition) is 2. The van der Waals surface area contributed by atoms with Crippen molar-refractivity contribution in [1.29, 1.82) is 0 Å². The van der Waals surface area contributed by atoms with Crippen LogP contribution in [0.3, 0.4) is 0 Å². The standard InChI is InChI=1S/C14H20ClN3O3/c1-3-5-6-7-17-14(19)10-8-11(15)13(16-4-2)12(9-10)18(20)21/h8-9,16H,3-7H2,1-2H3,(H,17,19). The van der Waals surface area contributed by atoms with Gasteiger partial charge in [-0.1, -0.05) is 31.4 Å². The molecule has 0 radical (unpaired) electrons. The van der Waals surface area contributed by atoms with E-state index in [1.807, 2.05) is 6.92 Å². The highest BCUT2D eigenvalue weighted by atomic mass is 35.5. The molecule has 116 valence electrons. The van der Waals surface area contributed by atoms with Crippen LogP contribution in [0.2, 0.25) is 5.02 Å². The molecule has 0 fully saturated rings. The summed E-state index contributed by atoms with van der Waals surface area (Å²) < 4.78 is 0. The van der Waals surface area contributed by atoms with Gasteiger partial charge in [0.2, 0.25) is 0 Å². The van der Waals surface area contributed by atoms with Crippen LogP contribution in [-0.2, 0) is 0 Å². The number of benzene rings is 1. The van der Waals surface area contributed by atoms with Crippen molar-refractivity contribution in [2.24, 2.45) is 0 Å². The van der Waals surface area contributed by atoms with Gasteiger partial charge < -0.3 is 10.6 Å². The normalized spacial score (nSPS) is 10.2. The topological polar surface area (TPSA) is 84.3 Å². The van der Waals surface area contributed by atoms with Crippen molar-refractivity contribution in [1.82, 2.24) is 5.32 Å². The fraction of sp³-hybridized carbons (Fsp3) is 0.500. The van der Waals surface area contributed by atoms with Crippen molar-refractivity contribution >= 4 is 28.9 Å². The van der Waals surface area contributed by atoms with E-state index in [0.29, 0.717) is 13.1 Å². The third-order valence-corrected chi connectivity index (χ3v) is 3.25. The zero-order valence-corrected chi connectivity index (χ0v) is 13.0. The van der Waals surface area contributed by atoms with E-state index in [4.69, 9.17) is 11.6 Å². The Morgan fingerprint density at radius 2 is 2.05 bits per heavy atom. The van der Waals surface area contributed by atoms with Crippen molar-refractivity contribution in [3.05, 3.63) is 32.8 Å². The molecular weight excluding hydrogens is 294 g/mol. The lowest BCUT2D eigenvalue weighted by molar-refractivity contribution is -0.384. The SMILES string of the molecule is CCCCCNC(=O)c1cc(Cl)c(NCC)c([N+](=O)[O-])c1. The zero-order chi connectivity index (χ0) is 15.8. The maximum Gasteiger partial charge on any atom is 0.294 e. The highest BCUT2D eigenvalue weighted by Gasteiger charge is 2.20. The van der Waals surface area contributed by atoms with Gasteiger partial charge in [-0.05, 0) is 19.4 Å². The lowest BCUT2D eigenvalue weighted by atomic mass is 10.1. The number of amides is 1. The van der Waals surface area contributed by atoms with Gasteiger partial charge in [-0.25, -0.2) is 0 Å². The van der Waals surface area contributed by atoms with Crippen LogP contribution in [0.1, 0.15) is 43.5 Å². The maximum atomic E-state index is 12.0. The second-order valence-electron chi connectivity index (χ2n) is 4.60. The average Bonchev–Trinajstić information content (AvgIpc) is 2.45. The third kappa shape index (κ3) is 4.90. The Morgan fingerprint density at radius 1 is 1.33 bits per heavy atom. The van der Waals surface area contributed by atoms with Gasteiger partial charge in [-0.2, -0.15) is 0 Å². The molecule has 0 spiro atoms. The van der Waals surface area contributed by atoms with Crippen LogP contribution in [0.4, 0.5) is 11.4 Å². The van der Waals surface area contributed by atoms with Crippen LogP contribution in [-0.4, -0.2) is 23.9 Å². The van der Waals surface area contributed by atoms with Crippen molar-refractivity contribution in [3.63, 3.8) is 0 Å². The highest BCUT2D eigenvalue weighted by Crippen LogP contribution is 2.33. The van der Waals surface area contributed by atoms with E-state index < -0.39 is 4.92 Å². The molecule has 0 bridgehead atoms. The summed E-state index contributed by atoms with van der Waals surface area (Å²) in [6, 6.07) is 2.70. The van der Waals surface area contributed by atoms with Gasteiger partial charge in [0, 0.05) is 24.7 Å². The summed E-state index contributed by atoms with van der Waals surface area (Å²) in [4.78, 5) is 22.5. The predicted octanol–water partition coefficient (Wildman–Crippen LogP) is 3.60. The summed E-state index contributed by atoms with van der Waals surface area (Å²) in [7, 11) is 0. The maximum absolute atomic E-state index is 12.0. The van der Waals surface area contributed by atoms with Gasteiger partial charge in [0.15, 0.2) is 0 Å². The largest absolute Gasteiger partial charge is 0.379 e. The first-order valence-electron chi connectivity index (χ1n) is 7.01. The number of nitro benzene ring substituents is 1.